The second-order valence-corrected chi connectivity index (χ2v) is 11.9. The predicted molar refractivity (Wildman–Crippen MR) is 120 cm³/mol. The largest absolute Gasteiger partial charge is 0.349 e. The molecule has 1 amide bonds. The maximum absolute atomic E-state index is 12.8. The van der Waals surface area contributed by atoms with Crippen molar-refractivity contribution in [1.29, 1.82) is 0 Å². The first-order valence-electron chi connectivity index (χ1n) is 10.2. The lowest BCUT2D eigenvalue weighted by Gasteiger charge is -2.21. The molecule has 1 saturated heterocycles. The van der Waals surface area contributed by atoms with Crippen LogP contribution in [0.2, 0.25) is 5.02 Å². The molecule has 2 heterocycles. The number of nitrogens with one attached hydrogen (secondary N) is 2. The molecule has 1 aliphatic carbocycles. The summed E-state index contributed by atoms with van der Waals surface area (Å²) in [4.78, 5) is 17.3. The number of aliphatic imine (C=N–C) groups is 1. The second-order valence-electron chi connectivity index (χ2n) is 8.07. The van der Waals surface area contributed by atoms with Gasteiger partial charge in [0.25, 0.3) is 5.91 Å². The van der Waals surface area contributed by atoms with E-state index in [0.29, 0.717) is 21.4 Å². The molecule has 6 nitrogen and oxygen atoms in total. The molecular weight excluding hydrogens is 430 g/mol. The normalized spacial score (nSPS) is 26.9. The van der Waals surface area contributed by atoms with Gasteiger partial charge < -0.3 is 10.6 Å². The summed E-state index contributed by atoms with van der Waals surface area (Å²) in [5.74, 6) is 0.182. The van der Waals surface area contributed by atoms with Crippen LogP contribution >= 0.6 is 23.4 Å². The number of sulfone groups is 1. The highest BCUT2D eigenvalue weighted by atomic mass is 35.5. The Morgan fingerprint density at radius 2 is 1.83 bits per heavy atom. The topological polar surface area (TPSA) is 87.6 Å². The number of halogens is 1. The monoisotopic (exact) mass is 455 g/mol. The minimum atomic E-state index is -2.98. The number of carbonyl (C=O) groups excluding carboxylic acids is 1. The number of rotatable bonds is 3. The molecule has 0 unspecified atom stereocenters. The minimum absolute atomic E-state index is 0.0351. The van der Waals surface area contributed by atoms with Crippen LogP contribution in [0, 0.1) is 0 Å². The molecule has 0 radical (unpaired) electrons. The van der Waals surface area contributed by atoms with E-state index in [4.69, 9.17) is 11.6 Å². The standard InChI is InChI=1S/C20H26ClN3O3S2/c21-15-9-8-13(19(25)22-14-6-4-2-1-3-5-7-14)10-16(15)23-20-24-17-11-29(26,27)12-18(17)28-20/h8-10,14,17-18H,1-7,11-12H2,(H,22,25)(H,23,24)/t17-,18+/m0/s1. The van der Waals surface area contributed by atoms with E-state index in [9.17, 15) is 13.2 Å². The van der Waals surface area contributed by atoms with Gasteiger partial charge in [-0.25, -0.2) is 8.42 Å². The first-order valence-corrected chi connectivity index (χ1v) is 13.3. The van der Waals surface area contributed by atoms with Gasteiger partial charge >= 0.3 is 0 Å². The lowest BCUT2D eigenvalue weighted by molar-refractivity contribution is 0.0930. The van der Waals surface area contributed by atoms with Crippen molar-refractivity contribution in [3.8, 4) is 0 Å². The molecule has 29 heavy (non-hydrogen) atoms. The number of nitrogens with zero attached hydrogens (tertiary/aromatic N) is 1. The highest BCUT2D eigenvalue weighted by molar-refractivity contribution is 8.15. The third kappa shape index (κ3) is 5.27. The van der Waals surface area contributed by atoms with Crippen LogP contribution in [0.4, 0.5) is 5.69 Å². The Morgan fingerprint density at radius 1 is 1.10 bits per heavy atom. The molecule has 0 aromatic heterocycles. The zero-order chi connectivity index (χ0) is 20.4. The van der Waals surface area contributed by atoms with Crippen molar-refractivity contribution in [2.24, 2.45) is 4.99 Å². The molecule has 9 heteroatoms. The Labute approximate surface area is 181 Å². The third-order valence-electron chi connectivity index (χ3n) is 5.73. The van der Waals surface area contributed by atoms with Gasteiger partial charge in [0.2, 0.25) is 0 Å². The molecule has 1 aromatic rings. The van der Waals surface area contributed by atoms with Crippen LogP contribution in [0.1, 0.15) is 55.3 Å². The number of benzene rings is 1. The van der Waals surface area contributed by atoms with Crippen LogP contribution in [0.3, 0.4) is 0 Å². The predicted octanol–water partition coefficient (Wildman–Crippen LogP) is 3.86. The average Bonchev–Trinajstić information content (AvgIpc) is 3.11. The lowest BCUT2D eigenvalue weighted by atomic mass is 9.96. The summed E-state index contributed by atoms with van der Waals surface area (Å²) in [6.45, 7) is 0. The highest BCUT2D eigenvalue weighted by Gasteiger charge is 2.42. The lowest BCUT2D eigenvalue weighted by Crippen LogP contribution is -2.35. The summed E-state index contributed by atoms with van der Waals surface area (Å²) in [7, 11) is -2.98. The van der Waals surface area contributed by atoms with Crippen molar-refractivity contribution in [3.63, 3.8) is 0 Å². The fourth-order valence-corrected chi connectivity index (χ4v) is 8.00. The van der Waals surface area contributed by atoms with Gasteiger partial charge in [-0.15, -0.1) is 0 Å². The van der Waals surface area contributed by atoms with Gasteiger partial charge in [0.15, 0.2) is 15.0 Å². The van der Waals surface area contributed by atoms with Crippen molar-refractivity contribution in [2.75, 3.05) is 16.8 Å². The van der Waals surface area contributed by atoms with Crippen LogP contribution in [0.15, 0.2) is 23.2 Å². The van der Waals surface area contributed by atoms with Crippen molar-refractivity contribution in [3.05, 3.63) is 28.8 Å². The summed E-state index contributed by atoms with van der Waals surface area (Å²) in [6.07, 6.45) is 8.16. The minimum Gasteiger partial charge on any atom is -0.349 e. The molecule has 2 N–H and O–H groups in total. The van der Waals surface area contributed by atoms with E-state index in [0.717, 1.165) is 25.7 Å². The second kappa shape index (κ2) is 8.86. The van der Waals surface area contributed by atoms with Crippen LogP contribution in [0.25, 0.3) is 0 Å². The summed E-state index contributed by atoms with van der Waals surface area (Å²) in [5.41, 5.74) is 1.18. The Kier molecular flexibility index (Phi) is 6.41. The number of hydrogen-bond donors (Lipinski definition) is 2. The molecule has 1 aromatic carbocycles. The first kappa shape index (κ1) is 21.0. The van der Waals surface area contributed by atoms with Crippen LogP contribution < -0.4 is 10.6 Å². The van der Waals surface area contributed by atoms with Gasteiger partial charge in [-0.3, -0.25) is 9.79 Å². The van der Waals surface area contributed by atoms with Crippen molar-refractivity contribution >= 4 is 50.0 Å². The molecule has 0 bridgehead atoms. The average molecular weight is 456 g/mol. The number of amidine groups is 1. The van der Waals surface area contributed by atoms with Crippen molar-refractivity contribution in [2.45, 2.75) is 62.3 Å². The molecular formula is C20H26ClN3O3S2. The van der Waals surface area contributed by atoms with Crippen molar-refractivity contribution < 1.29 is 13.2 Å². The van der Waals surface area contributed by atoms with E-state index in [2.05, 4.69) is 15.6 Å². The van der Waals surface area contributed by atoms with E-state index in [1.54, 1.807) is 18.2 Å². The Hall–Kier alpha value is -1.25. The smallest absolute Gasteiger partial charge is 0.251 e. The maximum atomic E-state index is 12.8. The molecule has 4 rings (SSSR count). The van der Waals surface area contributed by atoms with E-state index < -0.39 is 9.84 Å². The SMILES string of the molecule is O=C(NC1CCCCCCC1)c1ccc(Cl)c(NC2=N[C@H]3CS(=O)(=O)C[C@H]3S2)c1. The molecule has 2 fully saturated rings. The van der Waals surface area contributed by atoms with Crippen LogP contribution in [0.5, 0.6) is 0 Å². The van der Waals surface area contributed by atoms with E-state index in [1.165, 1.54) is 31.0 Å². The molecule has 2 aliphatic heterocycles. The molecule has 3 aliphatic rings. The number of fused-ring (bicyclic) bond motifs is 1. The first-order chi connectivity index (χ1) is 13.9. The number of hydrogen-bond acceptors (Lipinski definition) is 6. The summed E-state index contributed by atoms with van der Waals surface area (Å²) in [5, 5.41) is 7.49. The van der Waals surface area contributed by atoms with Crippen molar-refractivity contribution in [1.82, 2.24) is 5.32 Å². The van der Waals surface area contributed by atoms with Crippen LogP contribution in [-0.4, -0.2) is 48.3 Å². The summed E-state index contributed by atoms with van der Waals surface area (Å²) >= 11 is 7.76. The number of thioether (sulfide) groups is 1. The van der Waals surface area contributed by atoms with E-state index in [1.807, 2.05) is 0 Å². The van der Waals surface area contributed by atoms with E-state index in [-0.39, 0.29) is 34.7 Å². The Morgan fingerprint density at radius 3 is 2.55 bits per heavy atom. The fraction of sp³-hybridized carbons (Fsp3) is 0.600. The fourth-order valence-electron chi connectivity index (χ4n) is 4.16. The van der Waals surface area contributed by atoms with Gasteiger partial charge in [-0.05, 0) is 31.0 Å². The van der Waals surface area contributed by atoms with Gasteiger partial charge in [0, 0.05) is 16.9 Å². The number of anilines is 1. The van der Waals surface area contributed by atoms with Gasteiger partial charge in [0.05, 0.1) is 28.3 Å². The van der Waals surface area contributed by atoms with Gasteiger partial charge in [0.1, 0.15) is 0 Å². The van der Waals surface area contributed by atoms with Crippen LogP contribution in [-0.2, 0) is 9.84 Å². The third-order valence-corrected chi connectivity index (χ3v) is 9.20. The van der Waals surface area contributed by atoms with Gasteiger partial charge in [-0.1, -0.05) is 55.5 Å². The zero-order valence-corrected chi connectivity index (χ0v) is 18.6. The maximum Gasteiger partial charge on any atom is 0.251 e. The van der Waals surface area contributed by atoms with Gasteiger partial charge in [-0.2, -0.15) is 0 Å². The molecule has 2 atom stereocenters. The quantitative estimate of drug-likeness (QED) is 0.722. The summed E-state index contributed by atoms with van der Waals surface area (Å²) in [6, 6.07) is 5.22. The zero-order valence-electron chi connectivity index (χ0n) is 16.2. The number of amides is 1. The molecule has 0 spiro atoms. The Balaban J connectivity index is 1.42. The van der Waals surface area contributed by atoms with E-state index >= 15 is 0 Å². The Bertz CT molecular complexity index is 912. The summed E-state index contributed by atoms with van der Waals surface area (Å²) < 4.78 is 23.4. The highest BCUT2D eigenvalue weighted by Crippen LogP contribution is 2.35. The number of carbonyl (C=O) groups is 1. The molecule has 1 saturated carbocycles. The molecule has 158 valence electrons.